The molecule has 0 saturated carbocycles. The van der Waals surface area contributed by atoms with Crippen LogP contribution in [0.2, 0.25) is 0 Å². The molecule has 2 rings (SSSR count). The van der Waals surface area contributed by atoms with E-state index in [1.54, 1.807) is 0 Å². The molecule has 0 radical (unpaired) electrons. The molecule has 1 aromatic rings. The maximum absolute atomic E-state index is 13.7. The van der Waals surface area contributed by atoms with Gasteiger partial charge in [0.1, 0.15) is 11.6 Å². The molecule has 4 heteroatoms. The highest BCUT2D eigenvalue weighted by Crippen LogP contribution is 2.31. The second kappa shape index (κ2) is 5.55. The van der Waals surface area contributed by atoms with E-state index >= 15 is 0 Å². The van der Waals surface area contributed by atoms with Gasteiger partial charge in [-0.25, -0.2) is 8.78 Å². The number of likely N-dealkylation sites (tertiary alicyclic amines) is 1. The van der Waals surface area contributed by atoms with Gasteiger partial charge in [-0.05, 0) is 57.8 Å². The van der Waals surface area contributed by atoms with E-state index < -0.39 is 11.6 Å². The van der Waals surface area contributed by atoms with E-state index in [0.717, 1.165) is 32.5 Å². The Morgan fingerprint density at radius 1 is 1.21 bits per heavy atom. The average Bonchev–Trinajstić information content (AvgIpc) is 2.29. The Kier molecular flexibility index (Phi) is 4.21. The van der Waals surface area contributed by atoms with Gasteiger partial charge in [-0.3, -0.25) is 0 Å². The Hall–Kier alpha value is -1.00. The van der Waals surface area contributed by atoms with Gasteiger partial charge in [0.2, 0.25) is 0 Å². The van der Waals surface area contributed by atoms with Crippen molar-refractivity contribution in [2.24, 2.45) is 5.73 Å². The minimum Gasteiger partial charge on any atom is -0.324 e. The van der Waals surface area contributed by atoms with E-state index in [1.807, 2.05) is 13.8 Å². The van der Waals surface area contributed by atoms with E-state index in [9.17, 15) is 8.78 Å². The summed E-state index contributed by atoms with van der Waals surface area (Å²) in [5.41, 5.74) is 6.03. The molecule has 2 nitrogen and oxygen atoms in total. The zero-order valence-corrected chi connectivity index (χ0v) is 11.6. The smallest absolute Gasteiger partial charge is 0.129 e. The fourth-order valence-electron chi connectivity index (χ4n) is 2.86. The summed E-state index contributed by atoms with van der Waals surface area (Å²) in [5.74, 6) is -0.853. The standard InChI is InChI=1S/C15H22F2N2/c1-15(2,18)10-19-8-6-11(7-9-19)14-12(16)4-3-5-13(14)17/h3-5,11H,6-10,18H2,1-2H3. The predicted octanol–water partition coefficient (Wildman–Crippen LogP) is 2.88. The van der Waals surface area contributed by atoms with Crippen LogP contribution < -0.4 is 5.73 Å². The van der Waals surface area contributed by atoms with Gasteiger partial charge in [-0.1, -0.05) is 6.07 Å². The Morgan fingerprint density at radius 3 is 2.21 bits per heavy atom. The molecule has 0 spiro atoms. The lowest BCUT2D eigenvalue weighted by molar-refractivity contribution is 0.177. The van der Waals surface area contributed by atoms with Crippen molar-refractivity contribution in [1.29, 1.82) is 0 Å². The molecule has 2 N–H and O–H groups in total. The molecular weight excluding hydrogens is 246 g/mol. The fourth-order valence-corrected chi connectivity index (χ4v) is 2.86. The highest BCUT2D eigenvalue weighted by Gasteiger charge is 2.27. The monoisotopic (exact) mass is 268 g/mol. The zero-order chi connectivity index (χ0) is 14.0. The largest absolute Gasteiger partial charge is 0.324 e. The van der Waals surface area contributed by atoms with Crippen molar-refractivity contribution < 1.29 is 8.78 Å². The van der Waals surface area contributed by atoms with Gasteiger partial charge >= 0.3 is 0 Å². The number of rotatable bonds is 3. The molecule has 106 valence electrons. The Morgan fingerprint density at radius 2 is 1.74 bits per heavy atom. The lowest BCUT2D eigenvalue weighted by Crippen LogP contribution is -2.47. The van der Waals surface area contributed by atoms with Crippen LogP contribution >= 0.6 is 0 Å². The zero-order valence-electron chi connectivity index (χ0n) is 11.6. The summed E-state index contributed by atoms with van der Waals surface area (Å²) in [5, 5.41) is 0. The highest BCUT2D eigenvalue weighted by atomic mass is 19.1. The molecule has 1 aromatic carbocycles. The van der Waals surface area contributed by atoms with Crippen LogP contribution in [0.3, 0.4) is 0 Å². The Balaban J connectivity index is 2.00. The molecule has 0 aromatic heterocycles. The van der Waals surface area contributed by atoms with Gasteiger partial charge in [-0.15, -0.1) is 0 Å². The SMILES string of the molecule is CC(C)(N)CN1CCC(c2c(F)cccc2F)CC1. The van der Waals surface area contributed by atoms with Crippen molar-refractivity contribution in [3.63, 3.8) is 0 Å². The van der Waals surface area contributed by atoms with Gasteiger partial charge in [0.05, 0.1) is 0 Å². The maximum atomic E-state index is 13.7. The number of benzene rings is 1. The molecular formula is C15H22F2N2. The maximum Gasteiger partial charge on any atom is 0.129 e. The second-order valence-electron chi connectivity index (χ2n) is 6.17. The Labute approximate surface area is 113 Å². The minimum absolute atomic E-state index is 0.0154. The topological polar surface area (TPSA) is 29.3 Å². The molecule has 0 amide bonds. The normalized spacial score (nSPS) is 18.8. The van der Waals surface area contributed by atoms with Crippen molar-refractivity contribution in [2.75, 3.05) is 19.6 Å². The number of halogens is 2. The van der Waals surface area contributed by atoms with Crippen molar-refractivity contribution in [3.05, 3.63) is 35.4 Å². The molecule has 1 saturated heterocycles. The summed E-state index contributed by atoms with van der Waals surface area (Å²) in [6.45, 7) is 6.50. The molecule has 0 aliphatic carbocycles. The van der Waals surface area contributed by atoms with E-state index in [1.165, 1.54) is 18.2 Å². The molecule has 0 unspecified atom stereocenters. The van der Waals surface area contributed by atoms with Crippen molar-refractivity contribution in [2.45, 2.75) is 38.1 Å². The van der Waals surface area contributed by atoms with Crippen LogP contribution in [0.25, 0.3) is 0 Å². The van der Waals surface area contributed by atoms with Crippen molar-refractivity contribution in [1.82, 2.24) is 4.90 Å². The van der Waals surface area contributed by atoms with E-state index in [4.69, 9.17) is 5.73 Å². The summed E-state index contributed by atoms with van der Waals surface area (Å²) in [6, 6.07) is 4.10. The van der Waals surface area contributed by atoms with E-state index in [2.05, 4.69) is 4.90 Å². The fraction of sp³-hybridized carbons (Fsp3) is 0.600. The number of hydrogen-bond donors (Lipinski definition) is 1. The third-order valence-corrected chi connectivity index (χ3v) is 3.63. The summed E-state index contributed by atoms with van der Waals surface area (Å²) >= 11 is 0. The lowest BCUT2D eigenvalue weighted by Gasteiger charge is -2.36. The van der Waals surface area contributed by atoms with Gasteiger partial charge < -0.3 is 10.6 Å². The predicted molar refractivity (Wildman–Crippen MR) is 73.0 cm³/mol. The quantitative estimate of drug-likeness (QED) is 0.913. The first kappa shape index (κ1) is 14.4. The van der Waals surface area contributed by atoms with Crippen LogP contribution in [0, 0.1) is 11.6 Å². The van der Waals surface area contributed by atoms with Gasteiger partial charge in [0, 0.05) is 17.6 Å². The van der Waals surface area contributed by atoms with Gasteiger partial charge in [-0.2, -0.15) is 0 Å². The number of hydrogen-bond acceptors (Lipinski definition) is 2. The van der Waals surface area contributed by atoms with Crippen LogP contribution in [-0.2, 0) is 0 Å². The molecule has 19 heavy (non-hydrogen) atoms. The molecule has 1 heterocycles. The van der Waals surface area contributed by atoms with Crippen LogP contribution in [0.1, 0.15) is 38.2 Å². The number of nitrogens with two attached hydrogens (primary N) is 1. The minimum atomic E-state index is -0.419. The number of nitrogens with zero attached hydrogens (tertiary/aromatic N) is 1. The summed E-state index contributed by atoms with van der Waals surface area (Å²) in [7, 11) is 0. The van der Waals surface area contributed by atoms with Gasteiger partial charge in [0.25, 0.3) is 0 Å². The highest BCUT2D eigenvalue weighted by molar-refractivity contribution is 5.24. The van der Waals surface area contributed by atoms with Crippen LogP contribution in [0.15, 0.2) is 18.2 Å². The second-order valence-corrected chi connectivity index (χ2v) is 6.17. The first-order valence-corrected chi connectivity index (χ1v) is 6.82. The molecule has 1 aliphatic heterocycles. The first-order chi connectivity index (χ1) is 8.87. The van der Waals surface area contributed by atoms with Gasteiger partial charge in [0.15, 0.2) is 0 Å². The lowest BCUT2D eigenvalue weighted by atomic mass is 9.88. The summed E-state index contributed by atoms with van der Waals surface area (Å²) < 4.78 is 27.5. The third-order valence-electron chi connectivity index (χ3n) is 3.63. The number of piperidine rings is 1. The van der Waals surface area contributed by atoms with Crippen molar-refractivity contribution in [3.8, 4) is 0 Å². The van der Waals surface area contributed by atoms with Crippen LogP contribution in [-0.4, -0.2) is 30.1 Å². The van der Waals surface area contributed by atoms with Crippen LogP contribution in [0.5, 0.6) is 0 Å². The summed E-state index contributed by atoms with van der Waals surface area (Å²) in [6.07, 6.45) is 1.57. The van der Waals surface area contributed by atoms with Crippen LogP contribution in [0.4, 0.5) is 8.78 Å². The molecule has 0 atom stereocenters. The van der Waals surface area contributed by atoms with Crippen molar-refractivity contribution >= 4 is 0 Å². The third kappa shape index (κ3) is 3.74. The first-order valence-electron chi connectivity index (χ1n) is 6.82. The van der Waals surface area contributed by atoms with E-state index in [0.29, 0.717) is 0 Å². The molecule has 1 aliphatic rings. The molecule has 1 fully saturated rings. The Bertz CT molecular complexity index is 412. The molecule has 0 bridgehead atoms. The van der Waals surface area contributed by atoms with E-state index in [-0.39, 0.29) is 17.0 Å². The average molecular weight is 268 g/mol. The summed E-state index contributed by atoms with van der Waals surface area (Å²) in [4.78, 5) is 2.27.